The average molecular weight is 258 g/mol. The van der Waals surface area contributed by atoms with Crippen molar-refractivity contribution in [3.05, 3.63) is 30.3 Å². The van der Waals surface area contributed by atoms with Gasteiger partial charge in [-0.05, 0) is 25.5 Å². The van der Waals surface area contributed by atoms with E-state index in [1.54, 1.807) is 18.2 Å². The molecule has 0 spiro atoms. The third-order valence-corrected chi connectivity index (χ3v) is 4.18. The van der Waals surface area contributed by atoms with Gasteiger partial charge in [-0.3, -0.25) is 0 Å². The summed E-state index contributed by atoms with van der Waals surface area (Å²) in [6.45, 7) is 1.51. The van der Waals surface area contributed by atoms with Crippen LogP contribution in [0.1, 0.15) is 13.3 Å². The van der Waals surface area contributed by atoms with Crippen LogP contribution in [0.25, 0.3) is 0 Å². The molecule has 0 aliphatic rings. The van der Waals surface area contributed by atoms with Crippen LogP contribution >= 0.6 is 11.6 Å². The molecule has 0 bridgehead atoms. The predicted molar refractivity (Wildman–Crippen MR) is 63.0 cm³/mol. The average Bonchev–Trinajstić information content (AvgIpc) is 2.28. The lowest BCUT2D eigenvalue weighted by molar-refractivity contribution is 0.589. The number of sulfone groups is 1. The van der Waals surface area contributed by atoms with Gasteiger partial charge in [0.05, 0.1) is 16.7 Å². The largest absolute Gasteiger partial charge is 0.224 e. The third-order valence-electron chi connectivity index (χ3n) is 2.18. The standard InChI is InChI=1S/C11H12ClNO2S/c1-11(12,9-13)7-8-16(14,15)10-5-3-2-4-6-10/h2-6H,7-8H2,1H3. The van der Waals surface area contributed by atoms with Crippen molar-refractivity contribution in [2.45, 2.75) is 23.1 Å². The van der Waals surface area contributed by atoms with Crippen molar-refractivity contribution in [1.29, 1.82) is 5.26 Å². The van der Waals surface area contributed by atoms with E-state index in [2.05, 4.69) is 0 Å². The van der Waals surface area contributed by atoms with Crippen LogP contribution in [0.4, 0.5) is 0 Å². The van der Waals surface area contributed by atoms with E-state index in [0.717, 1.165) is 0 Å². The van der Waals surface area contributed by atoms with Crippen LogP contribution in [0.2, 0.25) is 0 Å². The lowest BCUT2D eigenvalue weighted by atomic mass is 10.1. The molecule has 1 unspecified atom stereocenters. The fraction of sp³-hybridized carbons (Fsp3) is 0.364. The summed E-state index contributed by atoms with van der Waals surface area (Å²) in [5, 5.41) is 8.68. The molecule has 1 rings (SSSR count). The molecule has 0 aliphatic carbocycles. The molecule has 0 amide bonds. The van der Waals surface area contributed by atoms with Gasteiger partial charge in [0, 0.05) is 0 Å². The molecular formula is C11H12ClNO2S. The third kappa shape index (κ3) is 3.51. The van der Waals surface area contributed by atoms with Gasteiger partial charge in [0.15, 0.2) is 9.84 Å². The van der Waals surface area contributed by atoms with E-state index in [4.69, 9.17) is 16.9 Å². The van der Waals surface area contributed by atoms with Crippen molar-refractivity contribution in [1.82, 2.24) is 0 Å². The van der Waals surface area contributed by atoms with Gasteiger partial charge in [0.25, 0.3) is 0 Å². The first-order valence-electron chi connectivity index (χ1n) is 4.75. The Hall–Kier alpha value is -1.05. The second-order valence-electron chi connectivity index (χ2n) is 3.69. The molecule has 3 nitrogen and oxygen atoms in total. The summed E-state index contributed by atoms with van der Waals surface area (Å²) in [5.74, 6) is -0.120. The Morgan fingerprint density at radius 1 is 1.38 bits per heavy atom. The first-order chi connectivity index (χ1) is 7.37. The van der Waals surface area contributed by atoms with Gasteiger partial charge in [-0.2, -0.15) is 5.26 Å². The fourth-order valence-corrected chi connectivity index (χ4v) is 2.82. The molecule has 0 N–H and O–H groups in total. The van der Waals surface area contributed by atoms with Crippen LogP contribution in [0.15, 0.2) is 35.2 Å². The number of hydrogen-bond acceptors (Lipinski definition) is 3. The molecule has 0 heterocycles. The SMILES string of the molecule is CC(Cl)(C#N)CCS(=O)(=O)c1ccccc1. The molecule has 1 atom stereocenters. The van der Waals surface area contributed by atoms with Gasteiger partial charge in [0.2, 0.25) is 0 Å². The molecule has 0 aliphatic heterocycles. The van der Waals surface area contributed by atoms with Crippen molar-refractivity contribution in [2.24, 2.45) is 0 Å². The molecule has 0 aromatic heterocycles. The summed E-state index contributed by atoms with van der Waals surface area (Å²) in [4.78, 5) is -0.859. The van der Waals surface area contributed by atoms with Gasteiger partial charge in [-0.25, -0.2) is 8.42 Å². The van der Waals surface area contributed by atoms with Gasteiger partial charge in [-0.1, -0.05) is 18.2 Å². The Bertz CT molecular complexity index is 488. The Labute approximate surface area is 101 Å². The smallest absolute Gasteiger partial charge is 0.178 e. The maximum atomic E-state index is 11.8. The maximum Gasteiger partial charge on any atom is 0.178 e. The zero-order valence-electron chi connectivity index (χ0n) is 8.85. The molecule has 0 fully saturated rings. The minimum Gasteiger partial charge on any atom is -0.224 e. The number of nitrogens with zero attached hydrogens (tertiary/aromatic N) is 1. The predicted octanol–water partition coefficient (Wildman–Crippen LogP) is 2.37. The zero-order chi connectivity index (χ0) is 12.2. The molecule has 16 heavy (non-hydrogen) atoms. The van der Waals surface area contributed by atoms with Crippen LogP contribution in [-0.2, 0) is 9.84 Å². The summed E-state index contributed by atoms with van der Waals surface area (Å²) in [5.41, 5.74) is 0. The highest BCUT2D eigenvalue weighted by molar-refractivity contribution is 7.91. The summed E-state index contributed by atoms with van der Waals surface area (Å²) >= 11 is 5.79. The lowest BCUT2D eigenvalue weighted by Crippen LogP contribution is -2.19. The van der Waals surface area contributed by atoms with Crippen LogP contribution in [0, 0.1) is 11.3 Å². The van der Waals surface area contributed by atoms with Crippen molar-refractivity contribution in [3.63, 3.8) is 0 Å². The number of rotatable bonds is 4. The molecule has 0 saturated carbocycles. The van der Waals surface area contributed by atoms with Gasteiger partial charge in [-0.15, -0.1) is 11.6 Å². The Balaban J connectivity index is 2.80. The second-order valence-corrected chi connectivity index (χ2v) is 6.63. The molecular weight excluding hydrogens is 246 g/mol. The summed E-state index contributed by atoms with van der Waals surface area (Å²) in [6, 6.07) is 10.0. The number of halogens is 1. The molecule has 1 aromatic rings. The van der Waals surface area contributed by atoms with Crippen molar-refractivity contribution in [2.75, 3.05) is 5.75 Å². The first-order valence-corrected chi connectivity index (χ1v) is 6.78. The summed E-state index contributed by atoms with van der Waals surface area (Å²) < 4.78 is 23.7. The molecule has 0 saturated heterocycles. The number of benzene rings is 1. The van der Waals surface area contributed by atoms with E-state index in [1.165, 1.54) is 19.1 Å². The summed E-state index contributed by atoms with van der Waals surface area (Å²) in [6.07, 6.45) is 0.113. The molecule has 0 radical (unpaired) electrons. The van der Waals surface area contributed by atoms with E-state index in [9.17, 15) is 8.42 Å². The van der Waals surface area contributed by atoms with Crippen molar-refractivity contribution in [3.8, 4) is 6.07 Å². The number of alkyl halides is 1. The summed E-state index contributed by atoms with van der Waals surface area (Å²) in [7, 11) is -3.34. The van der Waals surface area contributed by atoms with Crippen LogP contribution in [-0.4, -0.2) is 19.0 Å². The Kier molecular flexibility index (Phi) is 3.95. The van der Waals surface area contributed by atoms with Crippen LogP contribution in [0.5, 0.6) is 0 Å². The molecule has 86 valence electrons. The highest BCUT2D eigenvalue weighted by atomic mass is 35.5. The molecule has 1 aromatic carbocycles. The Morgan fingerprint density at radius 2 is 1.94 bits per heavy atom. The highest BCUT2D eigenvalue weighted by Crippen LogP contribution is 2.21. The highest BCUT2D eigenvalue weighted by Gasteiger charge is 2.24. The quantitative estimate of drug-likeness (QED) is 0.778. The zero-order valence-corrected chi connectivity index (χ0v) is 10.4. The van der Waals surface area contributed by atoms with Crippen LogP contribution in [0.3, 0.4) is 0 Å². The van der Waals surface area contributed by atoms with Gasteiger partial charge >= 0.3 is 0 Å². The normalized spacial score (nSPS) is 15.1. The second kappa shape index (κ2) is 4.86. The van der Waals surface area contributed by atoms with E-state index in [-0.39, 0.29) is 17.1 Å². The van der Waals surface area contributed by atoms with E-state index >= 15 is 0 Å². The van der Waals surface area contributed by atoms with Gasteiger partial charge in [0.1, 0.15) is 4.87 Å². The number of hydrogen-bond donors (Lipinski definition) is 0. The topological polar surface area (TPSA) is 57.9 Å². The van der Waals surface area contributed by atoms with Crippen LogP contribution < -0.4 is 0 Å². The van der Waals surface area contributed by atoms with Crippen molar-refractivity contribution >= 4 is 21.4 Å². The Morgan fingerprint density at radius 3 is 2.44 bits per heavy atom. The molecule has 5 heteroatoms. The van der Waals surface area contributed by atoms with E-state index in [0.29, 0.717) is 0 Å². The van der Waals surface area contributed by atoms with Gasteiger partial charge < -0.3 is 0 Å². The monoisotopic (exact) mass is 257 g/mol. The lowest BCUT2D eigenvalue weighted by Gasteiger charge is -2.12. The minimum absolute atomic E-state index is 0.113. The van der Waals surface area contributed by atoms with E-state index in [1.807, 2.05) is 6.07 Å². The maximum absolute atomic E-state index is 11.8. The number of nitriles is 1. The van der Waals surface area contributed by atoms with E-state index < -0.39 is 14.7 Å². The van der Waals surface area contributed by atoms with Crippen molar-refractivity contribution < 1.29 is 8.42 Å². The minimum atomic E-state index is -3.34. The first kappa shape index (κ1) is 13.0. The fourth-order valence-electron chi connectivity index (χ4n) is 1.13.